The van der Waals surface area contributed by atoms with Crippen molar-refractivity contribution < 1.29 is 49.3 Å². The van der Waals surface area contributed by atoms with Crippen molar-refractivity contribution in [1.29, 1.82) is 0 Å². The maximum absolute atomic E-state index is 13.4. The number of aliphatic hydroxyl groups excluding tert-OH is 5. The number of hydrogen-bond donors (Lipinski definition) is 6. The van der Waals surface area contributed by atoms with Gasteiger partial charge in [0.05, 0.1) is 25.4 Å². The molecule has 438 valence electrons. The normalized spacial score (nSPS) is 19.5. The van der Waals surface area contributed by atoms with Crippen LogP contribution in [-0.2, 0) is 23.8 Å². The van der Waals surface area contributed by atoms with Crippen LogP contribution in [0.4, 0.5) is 0 Å². The Morgan fingerprint density at radius 1 is 0.520 bits per heavy atom. The fourth-order valence-corrected chi connectivity index (χ4v) is 9.68. The van der Waals surface area contributed by atoms with E-state index >= 15 is 0 Å². The Kier molecular flexibility index (Phi) is 49.3. The molecular weight excluding hydrogens is 943 g/mol. The number of esters is 1. The number of nitrogens with one attached hydrogen (secondary N) is 1. The molecular formula is C64H117NO10. The summed E-state index contributed by atoms with van der Waals surface area (Å²) < 4.78 is 17.6. The van der Waals surface area contributed by atoms with Crippen LogP contribution in [0.2, 0.25) is 0 Å². The average molecular weight is 1060 g/mol. The monoisotopic (exact) mass is 1060 g/mol. The van der Waals surface area contributed by atoms with Gasteiger partial charge in [0.15, 0.2) is 12.4 Å². The van der Waals surface area contributed by atoms with Crippen molar-refractivity contribution in [2.75, 3.05) is 13.2 Å². The summed E-state index contributed by atoms with van der Waals surface area (Å²) in [5, 5.41) is 57.0. The first-order valence-corrected chi connectivity index (χ1v) is 31.4. The molecule has 0 aliphatic carbocycles. The number of hydrogen-bond acceptors (Lipinski definition) is 10. The molecule has 0 saturated carbocycles. The standard InChI is InChI=1S/C64H117NO10/c1-4-7-10-13-16-19-22-24-26-28-30-31-33-36-39-42-45-48-51-57(68)63(72)65-55(56(67)50-47-44-41-38-35-21-18-15-12-9-6-3)54-73-64-62(61(71)60(70)58(53-66)74-64)75-59(69)52-49-46-43-40-37-34-32-29-27-25-23-20-17-14-11-8-5-2/h16,19,24-27,47,50,55-58,60-62,64,66-68,70-71H,4-15,17-18,20-23,28-46,48-49,51-54H2,1-3H3,(H,65,72)/b19-16-,26-24-,27-25+,50-47+. The number of carbonyl (C=O) groups is 2. The molecule has 0 aromatic rings. The molecule has 1 amide bonds. The smallest absolute Gasteiger partial charge is 0.306 e. The Morgan fingerprint density at radius 3 is 1.40 bits per heavy atom. The summed E-state index contributed by atoms with van der Waals surface area (Å²) in [4.78, 5) is 26.5. The zero-order valence-electron chi connectivity index (χ0n) is 48.4. The molecule has 0 aromatic heterocycles. The summed E-state index contributed by atoms with van der Waals surface area (Å²) in [6, 6.07) is -1.03. The third-order valence-electron chi connectivity index (χ3n) is 14.7. The summed E-state index contributed by atoms with van der Waals surface area (Å²) >= 11 is 0. The zero-order valence-corrected chi connectivity index (χ0v) is 48.4. The summed E-state index contributed by atoms with van der Waals surface area (Å²) in [5.41, 5.74) is 0. The van der Waals surface area contributed by atoms with Crippen molar-refractivity contribution in [2.24, 2.45) is 0 Å². The van der Waals surface area contributed by atoms with Crippen molar-refractivity contribution >= 4 is 11.9 Å². The van der Waals surface area contributed by atoms with E-state index in [4.69, 9.17) is 14.2 Å². The van der Waals surface area contributed by atoms with E-state index in [1.807, 2.05) is 6.08 Å². The highest BCUT2D eigenvalue weighted by Crippen LogP contribution is 2.26. The maximum Gasteiger partial charge on any atom is 0.306 e. The molecule has 8 atom stereocenters. The molecule has 0 bridgehead atoms. The lowest BCUT2D eigenvalue weighted by Gasteiger charge is -2.41. The topological polar surface area (TPSA) is 175 Å². The fraction of sp³-hybridized carbons (Fsp3) is 0.844. The largest absolute Gasteiger partial charge is 0.454 e. The number of aliphatic hydroxyl groups is 5. The third kappa shape index (κ3) is 40.5. The van der Waals surface area contributed by atoms with Crippen LogP contribution in [0.5, 0.6) is 0 Å². The molecule has 11 heteroatoms. The molecule has 1 rings (SSSR count). The Labute approximate surface area is 459 Å². The van der Waals surface area contributed by atoms with E-state index in [0.717, 1.165) is 83.5 Å². The van der Waals surface area contributed by atoms with E-state index in [-0.39, 0.29) is 19.4 Å². The van der Waals surface area contributed by atoms with Crippen molar-refractivity contribution in [1.82, 2.24) is 5.32 Å². The summed E-state index contributed by atoms with van der Waals surface area (Å²) in [5.74, 6) is -1.20. The summed E-state index contributed by atoms with van der Waals surface area (Å²) in [6.07, 6.45) is 52.9. The highest BCUT2D eigenvalue weighted by molar-refractivity contribution is 5.80. The molecule has 1 fully saturated rings. The first-order valence-electron chi connectivity index (χ1n) is 31.4. The molecule has 6 N–H and O–H groups in total. The van der Waals surface area contributed by atoms with Gasteiger partial charge in [0, 0.05) is 6.42 Å². The first-order chi connectivity index (χ1) is 36.7. The SMILES string of the molecule is CCCCC/C=C\C/C=C\CCCCCCCCCCC(O)C(=O)NC(COC1OC(CO)C(O)C(O)C1OC(=O)CCCCCCCCC/C=C/CCCCCCCC)C(O)/C=C/CCCCCCCCCCC. The number of unbranched alkanes of at least 4 members (excludes halogenated alkanes) is 33. The molecule has 0 spiro atoms. The van der Waals surface area contributed by atoms with Crippen LogP contribution < -0.4 is 5.32 Å². The van der Waals surface area contributed by atoms with Gasteiger partial charge in [0.25, 0.3) is 0 Å². The third-order valence-corrected chi connectivity index (χ3v) is 14.7. The van der Waals surface area contributed by atoms with Crippen LogP contribution in [0.25, 0.3) is 0 Å². The van der Waals surface area contributed by atoms with Gasteiger partial charge in [-0.1, -0.05) is 243 Å². The van der Waals surface area contributed by atoms with Crippen LogP contribution in [0.1, 0.15) is 284 Å². The minimum Gasteiger partial charge on any atom is -0.454 e. The Bertz CT molecular complexity index is 1400. The Hall–Kier alpha value is -2.38. The number of amides is 1. The molecule has 0 aromatic carbocycles. The average Bonchev–Trinajstić information content (AvgIpc) is 3.41. The van der Waals surface area contributed by atoms with Crippen LogP contribution in [0.3, 0.4) is 0 Å². The Morgan fingerprint density at radius 2 is 0.920 bits per heavy atom. The zero-order chi connectivity index (χ0) is 54.7. The molecule has 1 heterocycles. The maximum atomic E-state index is 13.4. The quantitative estimate of drug-likeness (QED) is 0.0195. The van der Waals surface area contributed by atoms with Crippen molar-refractivity contribution in [3.05, 3.63) is 48.6 Å². The van der Waals surface area contributed by atoms with E-state index < -0.39 is 67.4 Å². The predicted molar refractivity (Wildman–Crippen MR) is 310 cm³/mol. The molecule has 0 radical (unpaired) electrons. The summed E-state index contributed by atoms with van der Waals surface area (Å²) in [6.45, 7) is 5.76. The van der Waals surface area contributed by atoms with Gasteiger partial charge in [-0.25, -0.2) is 0 Å². The fourth-order valence-electron chi connectivity index (χ4n) is 9.68. The lowest BCUT2D eigenvalue weighted by Crippen LogP contribution is -2.61. The highest BCUT2D eigenvalue weighted by atomic mass is 16.7. The predicted octanol–water partition coefficient (Wildman–Crippen LogP) is 14.8. The second-order valence-electron chi connectivity index (χ2n) is 21.8. The van der Waals surface area contributed by atoms with Crippen LogP contribution >= 0.6 is 0 Å². The molecule has 8 unspecified atom stereocenters. The van der Waals surface area contributed by atoms with Gasteiger partial charge in [-0.05, 0) is 83.5 Å². The van der Waals surface area contributed by atoms with E-state index in [1.54, 1.807) is 6.08 Å². The highest BCUT2D eigenvalue weighted by Gasteiger charge is 2.47. The van der Waals surface area contributed by atoms with Crippen LogP contribution in [0, 0.1) is 0 Å². The van der Waals surface area contributed by atoms with Crippen molar-refractivity contribution in [3.63, 3.8) is 0 Å². The molecule has 11 nitrogen and oxygen atoms in total. The van der Waals surface area contributed by atoms with Crippen molar-refractivity contribution in [2.45, 2.75) is 333 Å². The van der Waals surface area contributed by atoms with Crippen LogP contribution in [0.15, 0.2) is 48.6 Å². The van der Waals surface area contributed by atoms with Gasteiger partial charge in [-0.3, -0.25) is 9.59 Å². The number of rotatable bonds is 53. The minimum absolute atomic E-state index is 0.119. The van der Waals surface area contributed by atoms with Gasteiger partial charge >= 0.3 is 5.97 Å². The van der Waals surface area contributed by atoms with Gasteiger partial charge in [-0.2, -0.15) is 0 Å². The molecule has 1 aliphatic heterocycles. The number of allylic oxidation sites excluding steroid dienone is 7. The van der Waals surface area contributed by atoms with Gasteiger partial charge < -0.3 is 45.1 Å². The van der Waals surface area contributed by atoms with Crippen LogP contribution in [-0.4, -0.2) is 99.6 Å². The molecule has 1 saturated heterocycles. The van der Waals surface area contributed by atoms with Gasteiger partial charge in [-0.15, -0.1) is 0 Å². The van der Waals surface area contributed by atoms with E-state index in [2.05, 4.69) is 62.5 Å². The summed E-state index contributed by atoms with van der Waals surface area (Å²) in [7, 11) is 0. The van der Waals surface area contributed by atoms with Gasteiger partial charge in [0.2, 0.25) is 5.91 Å². The number of carbonyl (C=O) groups excluding carboxylic acids is 2. The van der Waals surface area contributed by atoms with E-state index in [1.165, 1.54) is 154 Å². The lowest BCUT2D eigenvalue weighted by atomic mass is 9.99. The molecule has 75 heavy (non-hydrogen) atoms. The number of ether oxygens (including phenoxy) is 3. The van der Waals surface area contributed by atoms with Gasteiger partial charge in [0.1, 0.15) is 24.4 Å². The van der Waals surface area contributed by atoms with E-state index in [9.17, 15) is 35.1 Å². The Balaban J connectivity index is 2.66. The van der Waals surface area contributed by atoms with E-state index in [0.29, 0.717) is 12.8 Å². The van der Waals surface area contributed by atoms with Crippen molar-refractivity contribution in [3.8, 4) is 0 Å². The second kappa shape index (κ2) is 52.3. The lowest BCUT2D eigenvalue weighted by molar-refractivity contribution is -0.305. The molecule has 1 aliphatic rings. The first kappa shape index (κ1) is 70.6. The minimum atomic E-state index is -1.61. The second-order valence-corrected chi connectivity index (χ2v) is 21.8.